The molecule has 1 aromatic heterocycles. The molecule has 1 amide bonds. The molecule has 0 aliphatic carbocycles. The first-order valence-corrected chi connectivity index (χ1v) is 7.59. The Morgan fingerprint density at radius 2 is 2.00 bits per heavy atom. The minimum Gasteiger partial charge on any atom is -0.352 e. The lowest BCUT2D eigenvalue weighted by Crippen LogP contribution is -2.26. The predicted octanol–water partition coefficient (Wildman–Crippen LogP) is 3.80. The van der Waals surface area contributed by atoms with Gasteiger partial charge in [-0.2, -0.15) is 0 Å². The van der Waals surface area contributed by atoms with Crippen LogP contribution in [0.5, 0.6) is 0 Å². The van der Waals surface area contributed by atoms with Crippen molar-refractivity contribution in [2.24, 2.45) is 7.05 Å². The van der Waals surface area contributed by atoms with Gasteiger partial charge in [-0.3, -0.25) is 4.79 Å². The van der Waals surface area contributed by atoms with Crippen LogP contribution in [-0.2, 0) is 13.5 Å². The van der Waals surface area contributed by atoms with Gasteiger partial charge in [-0.15, -0.1) is 0 Å². The van der Waals surface area contributed by atoms with Crippen LogP contribution in [0.25, 0.3) is 10.9 Å². The van der Waals surface area contributed by atoms with E-state index < -0.39 is 0 Å². The monoisotopic (exact) mass is 312 g/mol. The summed E-state index contributed by atoms with van der Waals surface area (Å²) in [4.78, 5) is 12.4. The van der Waals surface area contributed by atoms with Gasteiger partial charge in [-0.05, 0) is 36.2 Å². The average Bonchev–Trinajstić information content (AvgIpc) is 2.89. The number of hydrogen-bond acceptors (Lipinski definition) is 1. The number of nitrogens with zero attached hydrogens (tertiary/aromatic N) is 1. The molecule has 3 rings (SSSR count). The molecule has 22 heavy (non-hydrogen) atoms. The zero-order valence-corrected chi connectivity index (χ0v) is 13.1. The number of nitrogens with one attached hydrogen (secondary N) is 1. The molecule has 0 aliphatic rings. The van der Waals surface area contributed by atoms with E-state index >= 15 is 0 Å². The number of benzene rings is 2. The molecule has 0 unspecified atom stereocenters. The molecule has 0 atom stereocenters. The minimum atomic E-state index is -0.0468. The molecule has 0 spiro atoms. The molecule has 3 aromatic rings. The number of rotatable bonds is 4. The second-order valence-corrected chi connectivity index (χ2v) is 5.74. The Morgan fingerprint density at radius 3 is 2.82 bits per heavy atom. The van der Waals surface area contributed by atoms with Crippen LogP contribution in [0.1, 0.15) is 15.9 Å². The van der Waals surface area contributed by atoms with Crippen molar-refractivity contribution in [1.82, 2.24) is 9.88 Å². The quantitative estimate of drug-likeness (QED) is 0.781. The first kappa shape index (κ1) is 14.7. The highest BCUT2D eigenvalue weighted by Gasteiger charge is 2.11. The number of aromatic nitrogens is 1. The minimum absolute atomic E-state index is 0.0468. The predicted molar refractivity (Wildman–Crippen MR) is 90.4 cm³/mol. The number of hydrogen-bond donors (Lipinski definition) is 1. The number of halogens is 1. The summed E-state index contributed by atoms with van der Waals surface area (Å²) in [5.41, 5.74) is 2.78. The van der Waals surface area contributed by atoms with Crippen molar-refractivity contribution in [3.63, 3.8) is 0 Å². The van der Waals surface area contributed by atoms with Crippen molar-refractivity contribution >= 4 is 28.4 Å². The fraction of sp³-hybridized carbons (Fsp3) is 0.167. The molecule has 2 aromatic carbocycles. The van der Waals surface area contributed by atoms with E-state index in [4.69, 9.17) is 11.6 Å². The van der Waals surface area contributed by atoms with Gasteiger partial charge in [0.1, 0.15) is 0 Å². The van der Waals surface area contributed by atoms with Crippen LogP contribution in [0.15, 0.2) is 54.7 Å². The summed E-state index contributed by atoms with van der Waals surface area (Å²) in [6.07, 6.45) is 2.73. The van der Waals surface area contributed by atoms with Crippen LogP contribution in [0.4, 0.5) is 0 Å². The molecule has 0 fully saturated rings. The lowest BCUT2D eigenvalue weighted by Gasteiger charge is -2.08. The van der Waals surface area contributed by atoms with Crippen LogP contribution < -0.4 is 5.32 Å². The molecular formula is C18H17ClN2O. The van der Waals surface area contributed by atoms with Gasteiger partial charge < -0.3 is 9.88 Å². The summed E-state index contributed by atoms with van der Waals surface area (Å²) in [5.74, 6) is -0.0468. The van der Waals surface area contributed by atoms with Gasteiger partial charge in [0.25, 0.3) is 5.91 Å². The maximum atomic E-state index is 12.4. The van der Waals surface area contributed by atoms with Gasteiger partial charge in [-0.1, -0.05) is 35.9 Å². The summed E-state index contributed by atoms with van der Waals surface area (Å²) in [7, 11) is 1.95. The molecule has 4 heteroatoms. The first-order chi connectivity index (χ1) is 10.6. The van der Waals surface area contributed by atoms with Crippen LogP contribution in [-0.4, -0.2) is 17.0 Å². The van der Waals surface area contributed by atoms with Crippen molar-refractivity contribution in [2.45, 2.75) is 6.42 Å². The topological polar surface area (TPSA) is 34.0 Å². The third-order valence-electron chi connectivity index (χ3n) is 3.73. The third kappa shape index (κ3) is 3.00. The van der Waals surface area contributed by atoms with Gasteiger partial charge in [0.15, 0.2) is 0 Å². The highest BCUT2D eigenvalue weighted by atomic mass is 35.5. The van der Waals surface area contributed by atoms with E-state index in [-0.39, 0.29) is 5.91 Å². The maximum absolute atomic E-state index is 12.4. The van der Waals surface area contributed by atoms with E-state index in [1.165, 1.54) is 0 Å². The van der Waals surface area contributed by atoms with Crippen molar-refractivity contribution in [3.8, 4) is 0 Å². The SMILES string of the molecule is Cn1ccc2cccc(C(=O)NCCc3cccc(Cl)c3)c21. The van der Waals surface area contributed by atoms with Crippen molar-refractivity contribution in [2.75, 3.05) is 6.54 Å². The first-order valence-electron chi connectivity index (χ1n) is 7.22. The second-order valence-electron chi connectivity index (χ2n) is 5.31. The third-order valence-corrected chi connectivity index (χ3v) is 3.97. The fourth-order valence-electron chi connectivity index (χ4n) is 2.65. The van der Waals surface area contributed by atoms with Crippen LogP contribution in [0, 0.1) is 0 Å². The summed E-state index contributed by atoms with van der Waals surface area (Å²) >= 11 is 5.96. The average molecular weight is 313 g/mol. The van der Waals surface area contributed by atoms with E-state index in [1.54, 1.807) is 0 Å². The Balaban J connectivity index is 1.70. The van der Waals surface area contributed by atoms with Gasteiger partial charge in [-0.25, -0.2) is 0 Å². The number of carbonyl (C=O) groups excluding carboxylic acids is 1. The number of carbonyl (C=O) groups is 1. The number of aryl methyl sites for hydroxylation is 1. The Morgan fingerprint density at radius 1 is 1.18 bits per heavy atom. The van der Waals surface area contributed by atoms with Crippen molar-refractivity contribution in [1.29, 1.82) is 0 Å². The molecule has 0 bridgehead atoms. The normalized spacial score (nSPS) is 10.8. The highest BCUT2D eigenvalue weighted by Crippen LogP contribution is 2.19. The lowest BCUT2D eigenvalue weighted by molar-refractivity contribution is 0.0955. The number of para-hydroxylation sites is 1. The number of fused-ring (bicyclic) bond motifs is 1. The molecule has 0 saturated heterocycles. The summed E-state index contributed by atoms with van der Waals surface area (Å²) in [6.45, 7) is 0.583. The van der Waals surface area contributed by atoms with E-state index in [0.717, 1.165) is 27.9 Å². The Hall–Kier alpha value is -2.26. The summed E-state index contributed by atoms with van der Waals surface area (Å²) < 4.78 is 1.97. The Kier molecular flexibility index (Phi) is 4.16. The highest BCUT2D eigenvalue weighted by molar-refractivity contribution is 6.30. The molecule has 112 valence electrons. The second kappa shape index (κ2) is 6.24. The molecular weight excluding hydrogens is 296 g/mol. The molecule has 1 N–H and O–H groups in total. The zero-order valence-electron chi connectivity index (χ0n) is 12.3. The molecule has 0 aliphatic heterocycles. The van der Waals surface area contributed by atoms with E-state index in [9.17, 15) is 4.79 Å². The summed E-state index contributed by atoms with van der Waals surface area (Å²) in [5, 5.41) is 4.77. The van der Waals surface area contributed by atoms with Gasteiger partial charge in [0, 0.05) is 30.2 Å². The van der Waals surface area contributed by atoms with Crippen molar-refractivity contribution in [3.05, 3.63) is 70.9 Å². The fourth-order valence-corrected chi connectivity index (χ4v) is 2.86. The van der Waals surface area contributed by atoms with Crippen LogP contribution in [0.2, 0.25) is 5.02 Å². The standard InChI is InChI=1S/C18H17ClN2O/c1-21-11-9-14-5-3-7-16(17(14)21)18(22)20-10-8-13-4-2-6-15(19)12-13/h2-7,9,11-12H,8,10H2,1H3,(H,20,22). The van der Waals surface area contributed by atoms with Gasteiger partial charge >= 0.3 is 0 Å². The molecule has 0 saturated carbocycles. The molecule has 1 heterocycles. The zero-order chi connectivity index (χ0) is 15.5. The lowest BCUT2D eigenvalue weighted by atomic mass is 10.1. The van der Waals surface area contributed by atoms with E-state index in [1.807, 2.05) is 66.3 Å². The number of amides is 1. The van der Waals surface area contributed by atoms with Crippen LogP contribution >= 0.6 is 11.6 Å². The summed E-state index contributed by atoms with van der Waals surface area (Å²) in [6, 6.07) is 15.5. The molecule has 3 nitrogen and oxygen atoms in total. The van der Waals surface area contributed by atoms with Crippen LogP contribution in [0.3, 0.4) is 0 Å². The maximum Gasteiger partial charge on any atom is 0.253 e. The van der Waals surface area contributed by atoms with Crippen molar-refractivity contribution < 1.29 is 4.79 Å². The van der Waals surface area contributed by atoms with E-state index in [2.05, 4.69) is 5.32 Å². The Labute approximate surface area is 134 Å². The van der Waals surface area contributed by atoms with Gasteiger partial charge in [0.05, 0.1) is 11.1 Å². The van der Waals surface area contributed by atoms with Gasteiger partial charge in [0.2, 0.25) is 0 Å². The largest absolute Gasteiger partial charge is 0.352 e. The Bertz CT molecular complexity index is 823. The molecule has 0 radical (unpaired) electrons. The smallest absolute Gasteiger partial charge is 0.253 e. The van der Waals surface area contributed by atoms with E-state index in [0.29, 0.717) is 12.1 Å².